The van der Waals surface area contributed by atoms with E-state index in [2.05, 4.69) is 0 Å². The zero-order valence-electron chi connectivity index (χ0n) is 29.7. The number of ether oxygens (including phenoxy) is 3. The summed E-state index contributed by atoms with van der Waals surface area (Å²) in [6.07, 6.45) is -1.20. The third-order valence-corrected chi connectivity index (χ3v) is 13.4. The van der Waals surface area contributed by atoms with Crippen LogP contribution in [0.1, 0.15) is 66.7 Å². The summed E-state index contributed by atoms with van der Waals surface area (Å²) in [6.45, 7) is 9.58. The van der Waals surface area contributed by atoms with Gasteiger partial charge in [0.1, 0.15) is 24.4 Å². The van der Waals surface area contributed by atoms with Gasteiger partial charge in [0.25, 0.3) is 0 Å². The molecule has 4 aliphatic carbocycles. The Morgan fingerprint density at radius 3 is 2.35 bits per heavy atom. The van der Waals surface area contributed by atoms with Crippen molar-refractivity contribution in [3.05, 3.63) is 23.8 Å². The zero-order valence-corrected chi connectivity index (χ0v) is 32.5. The van der Waals surface area contributed by atoms with Crippen LogP contribution in [0.5, 0.6) is 0 Å². The fraction of sp³-hybridized carbons (Fsp3) is 0.882. The predicted octanol–water partition coefficient (Wildman–Crippen LogP) is -1.98. The first-order valence-electron chi connectivity index (χ1n) is 17.2. The molecule has 15 heteroatoms. The van der Waals surface area contributed by atoms with Gasteiger partial charge in [0.05, 0.1) is 30.5 Å². The number of fused-ring (bicyclic) bond motifs is 5. The standard InChI is InChI=1S/C34H56O13S.Na/c1-17(19(3)15-35)7-8-18(2)25-27(39)28(47-48(41,42)43)30-33(25,5)12-10-24-32(4)11-9-20(13-21(32)22(36)14-34(24,30)40)46-31-29(44-6)26(38)23(37)16-45-31;/h7-8,13,17-20,22-31,35-40H,9-12,14-16H2,1-6H3,(H,41,42,43);/q;+1/p-1/b8-7+;/t17?,18-,19?,20+,22-,23?,24?,25+,26?,27-,28+,29?,30?,31?,32+,33-,34+;/m1./s1. The van der Waals surface area contributed by atoms with Gasteiger partial charge in [-0.25, -0.2) is 8.42 Å². The minimum atomic E-state index is -5.27. The number of aliphatic hydroxyl groups is 6. The van der Waals surface area contributed by atoms with E-state index in [0.717, 1.165) is 0 Å². The minimum Gasteiger partial charge on any atom is -0.726 e. The zero-order chi connectivity index (χ0) is 35.6. The van der Waals surface area contributed by atoms with E-state index >= 15 is 0 Å². The van der Waals surface area contributed by atoms with Gasteiger partial charge in [-0.3, -0.25) is 4.18 Å². The van der Waals surface area contributed by atoms with Gasteiger partial charge >= 0.3 is 29.6 Å². The van der Waals surface area contributed by atoms with Crippen molar-refractivity contribution in [1.82, 2.24) is 0 Å². The van der Waals surface area contributed by atoms with E-state index in [1.54, 1.807) is 0 Å². The summed E-state index contributed by atoms with van der Waals surface area (Å²) < 4.78 is 58.6. The van der Waals surface area contributed by atoms with Crippen LogP contribution in [0.4, 0.5) is 0 Å². The van der Waals surface area contributed by atoms with Crippen molar-refractivity contribution < 1.29 is 91.6 Å². The predicted molar refractivity (Wildman–Crippen MR) is 171 cm³/mol. The van der Waals surface area contributed by atoms with E-state index in [1.165, 1.54) is 7.11 Å². The van der Waals surface area contributed by atoms with E-state index in [9.17, 15) is 43.6 Å². The molecule has 0 amide bonds. The topological polar surface area (TPSA) is 215 Å². The van der Waals surface area contributed by atoms with Crippen LogP contribution in [-0.2, 0) is 28.8 Å². The second kappa shape index (κ2) is 15.4. The molecular formula is C34H55NaO13S. The average molecular weight is 727 g/mol. The maximum absolute atomic E-state index is 12.8. The summed E-state index contributed by atoms with van der Waals surface area (Å²) in [5, 5.41) is 66.3. The fourth-order valence-corrected chi connectivity index (χ4v) is 10.9. The van der Waals surface area contributed by atoms with E-state index in [-0.39, 0.29) is 66.9 Å². The Labute approximate surface area is 312 Å². The van der Waals surface area contributed by atoms with Crippen LogP contribution in [0, 0.1) is 46.3 Å². The maximum Gasteiger partial charge on any atom is 1.00 e. The molecule has 276 valence electrons. The second-order valence-electron chi connectivity index (χ2n) is 15.7. The van der Waals surface area contributed by atoms with Crippen molar-refractivity contribution in [2.45, 2.75) is 121 Å². The SMILES string of the molecule is COC1C(O[C@@H]2C=C3[C@H](O)C[C@]4(O)C(CC[C@@]5(C)C4[C@@H](OS(=O)(=O)[O-])[C@H](O)[C@@H]5[C@H](C)/C=C/C(C)C(C)CO)[C@@]3(C)CC2)OCC(O)C1O.[Na+]. The molecule has 5 aliphatic rings. The molecule has 8 unspecified atom stereocenters. The first-order chi connectivity index (χ1) is 22.3. The molecular weight excluding hydrogens is 671 g/mol. The molecule has 1 heterocycles. The van der Waals surface area contributed by atoms with Gasteiger partial charge < -0.3 is 49.4 Å². The van der Waals surface area contributed by atoms with Gasteiger partial charge in [-0.05, 0) is 71.7 Å². The molecule has 0 aromatic carbocycles. The first kappa shape index (κ1) is 41.7. The molecule has 0 spiro atoms. The molecule has 17 atom stereocenters. The Morgan fingerprint density at radius 2 is 1.73 bits per heavy atom. The molecule has 5 rings (SSSR count). The van der Waals surface area contributed by atoms with E-state index < -0.39 is 93.6 Å². The molecule has 3 saturated carbocycles. The summed E-state index contributed by atoms with van der Waals surface area (Å²) in [5.74, 6) is -2.27. The number of allylic oxidation sites excluding steroid dienone is 2. The van der Waals surface area contributed by atoms with Gasteiger partial charge in [0, 0.05) is 26.1 Å². The van der Waals surface area contributed by atoms with E-state index in [0.29, 0.717) is 31.3 Å². The van der Waals surface area contributed by atoms with Crippen LogP contribution in [0.15, 0.2) is 23.8 Å². The van der Waals surface area contributed by atoms with Crippen molar-refractivity contribution in [2.24, 2.45) is 46.3 Å². The number of rotatable bonds is 10. The summed E-state index contributed by atoms with van der Waals surface area (Å²) in [4.78, 5) is 0. The molecule has 13 nitrogen and oxygen atoms in total. The molecule has 0 aromatic rings. The Bertz CT molecular complexity index is 1330. The fourth-order valence-electron chi connectivity index (χ4n) is 10.4. The number of hydrogen-bond donors (Lipinski definition) is 6. The minimum absolute atomic E-state index is 0. The van der Waals surface area contributed by atoms with Crippen molar-refractivity contribution in [3.8, 4) is 0 Å². The molecule has 4 fully saturated rings. The van der Waals surface area contributed by atoms with Crippen LogP contribution < -0.4 is 29.6 Å². The largest absolute Gasteiger partial charge is 1.00 e. The van der Waals surface area contributed by atoms with E-state index in [1.807, 2.05) is 52.8 Å². The van der Waals surface area contributed by atoms with Gasteiger partial charge in [-0.1, -0.05) is 52.8 Å². The second-order valence-corrected chi connectivity index (χ2v) is 16.8. The Morgan fingerprint density at radius 1 is 1.06 bits per heavy atom. The molecule has 1 aliphatic heterocycles. The number of methoxy groups -OCH3 is 1. The van der Waals surface area contributed by atoms with Gasteiger partial charge in [0.15, 0.2) is 6.29 Å². The Hall–Kier alpha value is -0.0100. The number of aliphatic hydroxyl groups excluding tert-OH is 5. The van der Waals surface area contributed by atoms with Crippen molar-refractivity contribution >= 4 is 10.4 Å². The molecule has 0 radical (unpaired) electrons. The Kier molecular flexibility index (Phi) is 13.1. The summed E-state index contributed by atoms with van der Waals surface area (Å²) >= 11 is 0. The van der Waals surface area contributed by atoms with Crippen molar-refractivity contribution in [1.29, 1.82) is 0 Å². The van der Waals surface area contributed by atoms with Crippen LogP contribution in [0.25, 0.3) is 0 Å². The van der Waals surface area contributed by atoms with Crippen molar-refractivity contribution in [3.63, 3.8) is 0 Å². The summed E-state index contributed by atoms with van der Waals surface area (Å²) in [7, 11) is -3.88. The van der Waals surface area contributed by atoms with Gasteiger partial charge in [-0.2, -0.15) is 0 Å². The van der Waals surface area contributed by atoms with Gasteiger partial charge in [-0.15, -0.1) is 0 Å². The van der Waals surface area contributed by atoms with Crippen LogP contribution in [0.2, 0.25) is 0 Å². The molecule has 1 saturated heterocycles. The molecule has 0 bridgehead atoms. The molecule has 0 aromatic heterocycles. The molecule has 6 N–H and O–H groups in total. The van der Waals surface area contributed by atoms with Crippen LogP contribution in [-0.4, -0.2) is 119 Å². The summed E-state index contributed by atoms with van der Waals surface area (Å²) in [6, 6.07) is 0. The number of hydrogen-bond acceptors (Lipinski definition) is 13. The van der Waals surface area contributed by atoms with Crippen molar-refractivity contribution in [2.75, 3.05) is 20.3 Å². The molecule has 49 heavy (non-hydrogen) atoms. The monoisotopic (exact) mass is 726 g/mol. The average Bonchev–Trinajstić information content (AvgIpc) is 3.22. The van der Waals surface area contributed by atoms with Gasteiger partial charge in [0.2, 0.25) is 10.4 Å². The quantitative estimate of drug-likeness (QED) is 0.0624. The van der Waals surface area contributed by atoms with Crippen LogP contribution in [0.3, 0.4) is 0 Å². The van der Waals surface area contributed by atoms with Crippen LogP contribution >= 0.6 is 0 Å². The maximum atomic E-state index is 12.8. The first-order valence-corrected chi connectivity index (χ1v) is 18.6. The smallest absolute Gasteiger partial charge is 0.726 e. The summed E-state index contributed by atoms with van der Waals surface area (Å²) in [5.41, 5.74) is -2.60. The van der Waals surface area contributed by atoms with E-state index in [4.69, 9.17) is 18.4 Å². The Balaban J connectivity index is 0.00000541. The third-order valence-electron chi connectivity index (χ3n) is 13.0. The normalized spacial score (nSPS) is 47.3. The third kappa shape index (κ3) is 7.54.